The number of carbonyl (C=O) groups is 2. The fraction of sp³-hybridized carbons (Fsp3) is 0.536. The summed E-state index contributed by atoms with van der Waals surface area (Å²) in [4.78, 5) is 30.4. The number of nitrogens with zero attached hydrogens (tertiary/aromatic N) is 2. The number of benzene rings is 1. The third kappa shape index (κ3) is 5.55. The molecule has 2 atom stereocenters. The molecule has 5 rings (SSSR count). The Labute approximate surface area is 212 Å². The van der Waals surface area contributed by atoms with Crippen molar-refractivity contribution in [2.24, 2.45) is 10.8 Å². The average molecular weight is 493 g/mol. The van der Waals surface area contributed by atoms with Gasteiger partial charge in [0, 0.05) is 43.6 Å². The number of aliphatic carboxylic acids is 1. The number of nitrogens with one attached hydrogen (secondary N) is 2. The van der Waals surface area contributed by atoms with E-state index in [1.165, 1.54) is 5.56 Å². The maximum atomic E-state index is 12.0. The molecule has 1 aromatic heterocycles. The zero-order valence-corrected chi connectivity index (χ0v) is 20.9. The molecule has 1 aliphatic heterocycles. The van der Waals surface area contributed by atoms with Gasteiger partial charge in [0.25, 0.3) is 5.91 Å². The lowest BCUT2D eigenvalue weighted by Crippen LogP contribution is -2.50. The van der Waals surface area contributed by atoms with E-state index in [4.69, 9.17) is 4.74 Å². The molecule has 8 nitrogen and oxygen atoms in total. The van der Waals surface area contributed by atoms with E-state index in [1.54, 1.807) is 25.2 Å². The largest absolute Gasteiger partial charge is 0.481 e. The summed E-state index contributed by atoms with van der Waals surface area (Å²) in [7, 11) is 1.59. The summed E-state index contributed by atoms with van der Waals surface area (Å²) in [6, 6.07) is 16.4. The number of likely N-dealkylation sites (tertiary alicyclic amines) is 1. The molecule has 0 radical (unpaired) electrons. The van der Waals surface area contributed by atoms with Crippen molar-refractivity contribution in [1.82, 2.24) is 20.5 Å². The van der Waals surface area contributed by atoms with Gasteiger partial charge in [0.1, 0.15) is 5.69 Å². The van der Waals surface area contributed by atoms with Crippen LogP contribution in [0.25, 0.3) is 0 Å². The molecule has 2 aliphatic carbocycles. The molecule has 2 heterocycles. The van der Waals surface area contributed by atoms with Gasteiger partial charge in [-0.2, -0.15) is 0 Å². The SMILES string of the molecule is CNC(=O)c1cccc(OCC2(CN[C@@H]3C[C@H]3c3ccccc3)CCN(CC3(C(=O)O)CC3)CC2)n1. The van der Waals surface area contributed by atoms with E-state index in [1.807, 2.05) is 0 Å². The highest BCUT2D eigenvalue weighted by atomic mass is 16.5. The lowest BCUT2D eigenvalue weighted by atomic mass is 9.78. The third-order valence-corrected chi connectivity index (χ3v) is 8.22. The van der Waals surface area contributed by atoms with Gasteiger partial charge in [-0.1, -0.05) is 36.4 Å². The van der Waals surface area contributed by atoms with E-state index >= 15 is 0 Å². The lowest BCUT2D eigenvalue weighted by molar-refractivity contribution is -0.144. The number of carboxylic acid groups (broad SMARTS) is 1. The van der Waals surface area contributed by atoms with Gasteiger partial charge in [0.2, 0.25) is 5.88 Å². The van der Waals surface area contributed by atoms with Crippen molar-refractivity contribution in [1.29, 1.82) is 0 Å². The second-order valence-electron chi connectivity index (χ2n) is 10.8. The molecule has 2 aromatic rings. The molecule has 3 N–H and O–H groups in total. The molecule has 3 aliphatic rings. The smallest absolute Gasteiger partial charge is 0.310 e. The summed E-state index contributed by atoms with van der Waals surface area (Å²) in [5.74, 6) is 0.111. The van der Waals surface area contributed by atoms with Crippen LogP contribution in [0.2, 0.25) is 0 Å². The number of hydrogen-bond donors (Lipinski definition) is 3. The Morgan fingerprint density at radius 2 is 1.83 bits per heavy atom. The zero-order chi connectivity index (χ0) is 25.2. The monoisotopic (exact) mass is 492 g/mol. The predicted octanol–water partition coefficient (Wildman–Crippen LogP) is 2.91. The third-order valence-electron chi connectivity index (χ3n) is 8.22. The number of piperidine rings is 1. The van der Waals surface area contributed by atoms with Gasteiger partial charge in [-0.15, -0.1) is 0 Å². The topological polar surface area (TPSA) is 104 Å². The van der Waals surface area contributed by atoms with E-state index in [2.05, 4.69) is 50.8 Å². The second-order valence-corrected chi connectivity index (χ2v) is 10.8. The number of hydrogen-bond acceptors (Lipinski definition) is 6. The molecule has 0 bridgehead atoms. The van der Waals surface area contributed by atoms with Crippen LogP contribution in [0.1, 0.15) is 54.1 Å². The summed E-state index contributed by atoms with van der Waals surface area (Å²) >= 11 is 0. The van der Waals surface area contributed by atoms with Crippen molar-refractivity contribution < 1.29 is 19.4 Å². The molecular weight excluding hydrogens is 456 g/mol. The quantitative estimate of drug-likeness (QED) is 0.443. The highest BCUT2D eigenvalue weighted by molar-refractivity contribution is 5.92. The first kappa shape index (κ1) is 24.7. The first-order valence-corrected chi connectivity index (χ1v) is 13.0. The van der Waals surface area contributed by atoms with Gasteiger partial charge in [0.15, 0.2) is 0 Å². The average Bonchev–Trinajstić information content (AvgIpc) is 3.84. The van der Waals surface area contributed by atoms with Gasteiger partial charge < -0.3 is 25.4 Å². The van der Waals surface area contributed by atoms with Crippen molar-refractivity contribution in [3.8, 4) is 5.88 Å². The van der Waals surface area contributed by atoms with Crippen molar-refractivity contribution in [3.05, 3.63) is 59.8 Å². The number of carboxylic acids is 1. The maximum Gasteiger partial charge on any atom is 0.310 e. The van der Waals surface area contributed by atoms with Crippen LogP contribution in [0.4, 0.5) is 0 Å². The van der Waals surface area contributed by atoms with Gasteiger partial charge in [-0.25, -0.2) is 4.98 Å². The van der Waals surface area contributed by atoms with E-state index in [0.717, 1.165) is 51.7 Å². The van der Waals surface area contributed by atoms with Crippen LogP contribution in [-0.4, -0.2) is 72.7 Å². The second kappa shape index (κ2) is 10.2. The highest BCUT2D eigenvalue weighted by Gasteiger charge is 2.52. The van der Waals surface area contributed by atoms with Crippen LogP contribution in [-0.2, 0) is 4.79 Å². The molecule has 192 valence electrons. The molecule has 36 heavy (non-hydrogen) atoms. The summed E-state index contributed by atoms with van der Waals surface area (Å²) in [6.07, 6.45) is 4.56. The molecule has 0 unspecified atom stereocenters. The standard InChI is InChI=1S/C28H36N4O4/c1-29-25(33)22-8-5-9-24(31-22)36-19-27(17-30-23-16-21(23)20-6-3-2-4-7-20)12-14-32(15-13-27)18-28(10-11-28)26(34)35/h2-9,21,23,30H,10-19H2,1H3,(H,29,33)(H,34,35)/t21-,23+/m0/s1. The van der Waals surface area contributed by atoms with Crippen molar-refractivity contribution in [3.63, 3.8) is 0 Å². The summed E-state index contributed by atoms with van der Waals surface area (Å²) in [6.45, 7) is 3.71. The Morgan fingerprint density at radius 3 is 2.50 bits per heavy atom. The summed E-state index contributed by atoms with van der Waals surface area (Å²) < 4.78 is 6.19. The molecule has 0 spiro atoms. The Hall–Kier alpha value is -2.97. The van der Waals surface area contributed by atoms with Crippen molar-refractivity contribution in [2.45, 2.75) is 44.1 Å². The fourth-order valence-electron chi connectivity index (χ4n) is 5.39. The van der Waals surface area contributed by atoms with Crippen LogP contribution >= 0.6 is 0 Å². The highest BCUT2D eigenvalue weighted by Crippen LogP contribution is 2.47. The van der Waals surface area contributed by atoms with E-state index < -0.39 is 11.4 Å². The zero-order valence-electron chi connectivity index (χ0n) is 20.9. The molecule has 8 heteroatoms. The number of carbonyl (C=O) groups excluding carboxylic acids is 1. The molecule has 1 amide bonds. The number of pyridine rings is 1. The molecule has 3 fully saturated rings. The normalized spacial score (nSPS) is 24.0. The minimum Gasteiger partial charge on any atom is -0.481 e. The molecule has 1 aromatic carbocycles. The number of amides is 1. The molecular formula is C28H36N4O4. The first-order valence-electron chi connectivity index (χ1n) is 13.0. The van der Waals surface area contributed by atoms with Crippen LogP contribution in [0.3, 0.4) is 0 Å². The van der Waals surface area contributed by atoms with Crippen molar-refractivity contribution in [2.75, 3.05) is 39.8 Å². The number of rotatable bonds is 11. The molecule has 1 saturated heterocycles. The molecule has 2 saturated carbocycles. The van der Waals surface area contributed by atoms with E-state index in [9.17, 15) is 14.7 Å². The first-order chi connectivity index (χ1) is 17.4. The van der Waals surface area contributed by atoms with Gasteiger partial charge in [-0.05, 0) is 56.8 Å². The Kier molecular flexibility index (Phi) is 6.99. The summed E-state index contributed by atoms with van der Waals surface area (Å²) in [5, 5.41) is 16.0. The summed E-state index contributed by atoms with van der Waals surface area (Å²) in [5.41, 5.74) is 1.11. The van der Waals surface area contributed by atoms with Gasteiger partial charge >= 0.3 is 5.97 Å². The van der Waals surface area contributed by atoms with Gasteiger partial charge in [-0.3, -0.25) is 9.59 Å². The fourth-order valence-corrected chi connectivity index (χ4v) is 5.39. The Balaban J connectivity index is 1.22. The maximum absolute atomic E-state index is 12.0. The van der Waals surface area contributed by atoms with Gasteiger partial charge in [0.05, 0.1) is 12.0 Å². The van der Waals surface area contributed by atoms with Crippen LogP contribution < -0.4 is 15.4 Å². The van der Waals surface area contributed by atoms with E-state index in [0.29, 0.717) is 36.7 Å². The van der Waals surface area contributed by atoms with E-state index in [-0.39, 0.29) is 11.3 Å². The minimum absolute atomic E-state index is 0.0784. The number of aromatic nitrogens is 1. The number of ether oxygens (including phenoxy) is 1. The van der Waals surface area contributed by atoms with Crippen molar-refractivity contribution >= 4 is 11.9 Å². The lowest BCUT2D eigenvalue weighted by Gasteiger charge is -2.42. The Bertz CT molecular complexity index is 1080. The van der Waals surface area contributed by atoms with Crippen LogP contribution in [0.15, 0.2) is 48.5 Å². The van der Waals surface area contributed by atoms with Crippen LogP contribution in [0.5, 0.6) is 5.88 Å². The van der Waals surface area contributed by atoms with Crippen LogP contribution in [0, 0.1) is 10.8 Å². The minimum atomic E-state index is -0.660. The predicted molar refractivity (Wildman–Crippen MR) is 136 cm³/mol. The Morgan fingerprint density at radius 1 is 1.08 bits per heavy atom.